The molecule has 0 heterocycles. The summed E-state index contributed by atoms with van der Waals surface area (Å²) in [5.41, 5.74) is 15.9. The van der Waals surface area contributed by atoms with Gasteiger partial charge in [-0.2, -0.15) is 4.99 Å². The van der Waals surface area contributed by atoms with Crippen molar-refractivity contribution in [3.05, 3.63) is 29.6 Å². The van der Waals surface area contributed by atoms with Gasteiger partial charge in [0.05, 0.1) is 11.3 Å². The molecule has 0 aliphatic heterocycles. The summed E-state index contributed by atoms with van der Waals surface area (Å²) >= 11 is 0. The van der Waals surface area contributed by atoms with Crippen molar-refractivity contribution in [2.45, 2.75) is 0 Å². The molecule has 1 amide bonds. The highest BCUT2D eigenvalue weighted by atomic mass is 19.1. The van der Waals surface area contributed by atoms with Crippen molar-refractivity contribution in [2.75, 3.05) is 7.05 Å². The van der Waals surface area contributed by atoms with Gasteiger partial charge in [0.2, 0.25) is 5.96 Å². The second-order valence-electron chi connectivity index (χ2n) is 3.25. The molecule has 1 aromatic rings. The molecule has 0 aromatic heterocycles. The first-order valence-electron chi connectivity index (χ1n) is 4.89. The fourth-order valence-corrected chi connectivity index (χ4v) is 1.20. The highest BCUT2D eigenvalue weighted by Gasteiger charge is 2.11. The third kappa shape index (κ3) is 3.44. The number of guanidine groups is 2. The van der Waals surface area contributed by atoms with E-state index in [1.807, 2.05) is 0 Å². The Morgan fingerprint density at radius 1 is 1.33 bits per heavy atom. The van der Waals surface area contributed by atoms with Crippen molar-refractivity contribution in [3.8, 4) is 0 Å². The summed E-state index contributed by atoms with van der Waals surface area (Å²) in [5, 5.41) is 2.36. The summed E-state index contributed by atoms with van der Waals surface area (Å²) in [6, 6.07) is 3.49. The Morgan fingerprint density at radius 2 is 2.00 bits per heavy atom. The summed E-state index contributed by atoms with van der Waals surface area (Å²) < 4.78 is 13.1. The number of aliphatic imine (C=N–C) groups is 2. The summed E-state index contributed by atoms with van der Waals surface area (Å²) in [5.74, 6) is -1.55. The number of rotatable bonds is 2. The standard InChI is InChI=1S/C10H13FN6O/c1-15-8(18)6-4-5(11)2-3-7(6)16-10(14)17-9(12)13/h2-4H,1H3,(H,15,18)(H6,12,13,14,16,17). The first-order valence-corrected chi connectivity index (χ1v) is 4.89. The Kier molecular flexibility index (Phi) is 4.19. The second-order valence-corrected chi connectivity index (χ2v) is 3.25. The molecule has 8 heteroatoms. The molecule has 0 spiro atoms. The lowest BCUT2D eigenvalue weighted by Crippen LogP contribution is -2.26. The molecule has 0 bridgehead atoms. The largest absolute Gasteiger partial charge is 0.370 e. The molecule has 1 aromatic carbocycles. The predicted octanol–water partition coefficient (Wildman–Crippen LogP) is -0.595. The van der Waals surface area contributed by atoms with E-state index in [1.54, 1.807) is 0 Å². The maximum absolute atomic E-state index is 13.1. The zero-order chi connectivity index (χ0) is 13.7. The van der Waals surface area contributed by atoms with Gasteiger partial charge in [0.1, 0.15) is 5.82 Å². The summed E-state index contributed by atoms with van der Waals surface area (Å²) in [7, 11) is 1.42. The predicted molar refractivity (Wildman–Crippen MR) is 66.9 cm³/mol. The normalized spacial score (nSPS) is 10.9. The van der Waals surface area contributed by atoms with Gasteiger partial charge in [-0.15, -0.1) is 0 Å². The minimum Gasteiger partial charge on any atom is -0.370 e. The van der Waals surface area contributed by atoms with Crippen LogP contribution in [0.25, 0.3) is 0 Å². The quantitative estimate of drug-likeness (QED) is 0.413. The van der Waals surface area contributed by atoms with Gasteiger partial charge in [0.15, 0.2) is 5.96 Å². The molecule has 0 unspecified atom stereocenters. The van der Waals surface area contributed by atoms with E-state index in [1.165, 1.54) is 13.1 Å². The van der Waals surface area contributed by atoms with E-state index in [0.29, 0.717) is 0 Å². The number of nitrogens with zero attached hydrogens (tertiary/aromatic N) is 2. The Labute approximate surface area is 103 Å². The Morgan fingerprint density at radius 3 is 2.56 bits per heavy atom. The molecule has 0 saturated carbocycles. The molecular weight excluding hydrogens is 239 g/mol. The lowest BCUT2D eigenvalue weighted by molar-refractivity contribution is 0.0963. The molecule has 0 saturated heterocycles. The Hall–Kier alpha value is -2.64. The number of benzene rings is 1. The van der Waals surface area contributed by atoms with Crippen molar-refractivity contribution >= 4 is 23.5 Å². The van der Waals surface area contributed by atoms with Crippen LogP contribution in [0.2, 0.25) is 0 Å². The van der Waals surface area contributed by atoms with Gasteiger partial charge in [0, 0.05) is 7.05 Å². The zero-order valence-electron chi connectivity index (χ0n) is 9.64. The van der Waals surface area contributed by atoms with Crippen LogP contribution in [0.1, 0.15) is 10.4 Å². The van der Waals surface area contributed by atoms with Crippen LogP contribution in [0.3, 0.4) is 0 Å². The van der Waals surface area contributed by atoms with Gasteiger partial charge in [-0.3, -0.25) is 4.79 Å². The molecular formula is C10H13FN6O. The fourth-order valence-electron chi connectivity index (χ4n) is 1.20. The van der Waals surface area contributed by atoms with Crippen LogP contribution in [0.15, 0.2) is 28.2 Å². The van der Waals surface area contributed by atoms with Crippen LogP contribution < -0.4 is 22.5 Å². The van der Waals surface area contributed by atoms with E-state index in [2.05, 4.69) is 15.3 Å². The SMILES string of the molecule is CNC(=O)c1cc(F)ccc1N=C(N)N=C(N)N. The average molecular weight is 252 g/mol. The molecule has 7 nitrogen and oxygen atoms in total. The van der Waals surface area contributed by atoms with Crippen molar-refractivity contribution in [2.24, 2.45) is 27.2 Å². The molecule has 0 radical (unpaired) electrons. The number of halogens is 1. The molecule has 0 atom stereocenters. The zero-order valence-corrected chi connectivity index (χ0v) is 9.64. The molecule has 0 aliphatic rings. The molecule has 0 aliphatic carbocycles. The average Bonchev–Trinajstić information content (AvgIpc) is 2.29. The van der Waals surface area contributed by atoms with Gasteiger partial charge < -0.3 is 22.5 Å². The maximum atomic E-state index is 13.1. The molecule has 96 valence electrons. The van der Waals surface area contributed by atoms with E-state index in [9.17, 15) is 9.18 Å². The molecule has 0 fully saturated rings. The van der Waals surface area contributed by atoms with Gasteiger partial charge in [-0.25, -0.2) is 9.38 Å². The van der Waals surface area contributed by atoms with Crippen LogP contribution >= 0.6 is 0 Å². The van der Waals surface area contributed by atoms with E-state index in [0.717, 1.165) is 12.1 Å². The summed E-state index contributed by atoms with van der Waals surface area (Å²) in [4.78, 5) is 18.8. The number of amides is 1. The first kappa shape index (κ1) is 13.4. The van der Waals surface area contributed by atoms with Crippen LogP contribution in [0, 0.1) is 5.82 Å². The summed E-state index contributed by atoms with van der Waals surface area (Å²) in [6.07, 6.45) is 0. The lowest BCUT2D eigenvalue weighted by atomic mass is 10.1. The Balaban J connectivity index is 3.24. The monoisotopic (exact) mass is 252 g/mol. The van der Waals surface area contributed by atoms with E-state index in [-0.39, 0.29) is 23.2 Å². The third-order valence-corrected chi connectivity index (χ3v) is 1.91. The fraction of sp³-hybridized carbons (Fsp3) is 0.100. The molecule has 7 N–H and O–H groups in total. The van der Waals surface area contributed by atoms with Crippen molar-refractivity contribution in [1.29, 1.82) is 0 Å². The number of hydrogen-bond acceptors (Lipinski definition) is 2. The number of carbonyl (C=O) groups excluding carboxylic acids is 1. The van der Waals surface area contributed by atoms with Gasteiger partial charge >= 0.3 is 0 Å². The van der Waals surface area contributed by atoms with Gasteiger partial charge in [-0.05, 0) is 18.2 Å². The van der Waals surface area contributed by atoms with Gasteiger partial charge in [-0.1, -0.05) is 0 Å². The number of hydrogen-bond donors (Lipinski definition) is 4. The minimum absolute atomic E-state index is 0.0336. The third-order valence-electron chi connectivity index (χ3n) is 1.91. The smallest absolute Gasteiger partial charge is 0.253 e. The Bertz CT molecular complexity index is 521. The second kappa shape index (κ2) is 5.62. The van der Waals surface area contributed by atoms with Crippen LogP contribution in [0.4, 0.5) is 10.1 Å². The highest BCUT2D eigenvalue weighted by Crippen LogP contribution is 2.20. The van der Waals surface area contributed by atoms with Crippen LogP contribution in [-0.2, 0) is 0 Å². The van der Waals surface area contributed by atoms with Crippen molar-refractivity contribution in [3.63, 3.8) is 0 Å². The highest BCUT2D eigenvalue weighted by molar-refractivity contribution is 6.01. The van der Waals surface area contributed by atoms with E-state index >= 15 is 0 Å². The topological polar surface area (TPSA) is 132 Å². The summed E-state index contributed by atoms with van der Waals surface area (Å²) in [6.45, 7) is 0. The van der Waals surface area contributed by atoms with Crippen molar-refractivity contribution in [1.82, 2.24) is 5.32 Å². The molecule has 18 heavy (non-hydrogen) atoms. The van der Waals surface area contributed by atoms with E-state index in [4.69, 9.17) is 17.2 Å². The lowest BCUT2D eigenvalue weighted by Gasteiger charge is -2.04. The molecule has 1 rings (SSSR count). The maximum Gasteiger partial charge on any atom is 0.253 e. The van der Waals surface area contributed by atoms with Crippen molar-refractivity contribution < 1.29 is 9.18 Å². The van der Waals surface area contributed by atoms with Crippen LogP contribution in [0.5, 0.6) is 0 Å². The van der Waals surface area contributed by atoms with Crippen LogP contribution in [-0.4, -0.2) is 24.9 Å². The number of nitrogens with one attached hydrogen (secondary N) is 1. The number of nitrogens with two attached hydrogens (primary N) is 3. The minimum atomic E-state index is -0.562. The number of carbonyl (C=O) groups is 1. The van der Waals surface area contributed by atoms with E-state index < -0.39 is 11.7 Å². The van der Waals surface area contributed by atoms with Gasteiger partial charge in [0.25, 0.3) is 5.91 Å². The first-order chi connectivity index (χ1) is 8.43.